The summed E-state index contributed by atoms with van der Waals surface area (Å²) in [5, 5.41) is 0.553. The number of nitrogens with one attached hydrogen (secondary N) is 1. The largest absolute Gasteiger partial charge is 0.451 e. The van der Waals surface area contributed by atoms with Gasteiger partial charge in [-0.25, -0.2) is 13.1 Å². The summed E-state index contributed by atoms with van der Waals surface area (Å²) in [5.41, 5.74) is 0.729. The number of hydrogen-bond acceptors (Lipinski definition) is 4. The Balaban J connectivity index is 1.38. The van der Waals surface area contributed by atoms with Crippen LogP contribution in [0.3, 0.4) is 0 Å². The molecule has 0 radical (unpaired) electrons. The molecular weight excluding hydrogens is 424 g/mol. The Kier molecular flexibility index (Phi) is 5.94. The van der Waals surface area contributed by atoms with Crippen LogP contribution in [0.4, 0.5) is 0 Å². The summed E-state index contributed by atoms with van der Waals surface area (Å²) in [5.74, 6) is 0.570. The van der Waals surface area contributed by atoms with Gasteiger partial charge in [-0.1, -0.05) is 41.9 Å². The van der Waals surface area contributed by atoms with Crippen molar-refractivity contribution in [3.05, 3.63) is 77.5 Å². The van der Waals surface area contributed by atoms with Crippen LogP contribution in [0, 0.1) is 0 Å². The van der Waals surface area contributed by atoms with Crippen LogP contribution in [0.15, 0.2) is 76.0 Å². The molecule has 30 heavy (non-hydrogen) atoms. The number of likely N-dealkylation sites (tertiary alicyclic amines) is 1. The third-order valence-corrected chi connectivity index (χ3v) is 6.98. The number of amides is 1. The molecule has 1 aromatic heterocycles. The van der Waals surface area contributed by atoms with Crippen molar-refractivity contribution >= 4 is 27.5 Å². The van der Waals surface area contributed by atoms with E-state index < -0.39 is 10.0 Å². The quantitative estimate of drug-likeness (QED) is 0.640. The first kappa shape index (κ1) is 20.7. The summed E-state index contributed by atoms with van der Waals surface area (Å²) in [4.78, 5) is 14.7. The van der Waals surface area contributed by atoms with Crippen molar-refractivity contribution in [1.29, 1.82) is 0 Å². The van der Waals surface area contributed by atoms with Crippen LogP contribution in [0.2, 0.25) is 5.02 Å². The number of rotatable bonds is 5. The summed E-state index contributed by atoms with van der Waals surface area (Å²) in [6.07, 6.45) is 1.08. The van der Waals surface area contributed by atoms with E-state index in [1.54, 1.807) is 53.4 Å². The molecule has 6 nitrogen and oxygen atoms in total. The summed E-state index contributed by atoms with van der Waals surface area (Å²) >= 11 is 6.20. The molecule has 4 rings (SSSR count). The highest BCUT2D eigenvalue weighted by molar-refractivity contribution is 7.89. The number of furan rings is 1. The second-order valence-electron chi connectivity index (χ2n) is 7.14. The molecule has 0 atom stereocenters. The third kappa shape index (κ3) is 4.43. The van der Waals surface area contributed by atoms with Gasteiger partial charge in [0.05, 0.1) is 9.92 Å². The fourth-order valence-corrected chi connectivity index (χ4v) is 5.06. The van der Waals surface area contributed by atoms with Crippen LogP contribution < -0.4 is 4.72 Å². The highest BCUT2D eigenvalue weighted by Gasteiger charge is 2.28. The maximum atomic E-state index is 12.8. The normalized spacial score (nSPS) is 15.3. The SMILES string of the molecule is O=C(c1ccc(-c2ccccc2Cl)o1)N1CCC(NS(=O)(=O)c2ccccc2)CC1. The van der Waals surface area contributed by atoms with Crippen LogP contribution in [0.5, 0.6) is 0 Å². The van der Waals surface area contributed by atoms with E-state index in [0.29, 0.717) is 36.7 Å². The smallest absolute Gasteiger partial charge is 0.289 e. The van der Waals surface area contributed by atoms with Crippen molar-refractivity contribution in [1.82, 2.24) is 9.62 Å². The van der Waals surface area contributed by atoms with Gasteiger partial charge in [-0.15, -0.1) is 0 Å². The van der Waals surface area contributed by atoms with Crippen LogP contribution in [0.1, 0.15) is 23.4 Å². The Morgan fingerprint density at radius 1 is 0.967 bits per heavy atom. The molecule has 156 valence electrons. The average molecular weight is 445 g/mol. The highest BCUT2D eigenvalue weighted by atomic mass is 35.5. The first-order chi connectivity index (χ1) is 14.4. The maximum Gasteiger partial charge on any atom is 0.289 e. The van der Waals surface area contributed by atoms with Crippen molar-refractivity contribution in [2.75, 3.05) is 13.1 Å². The molecule has 0 saturated carbocycles. The molecule has 2 aromatic carbocycles. The van der Waals surface area contributed by atoms with E-state index in [4.69, 9.17) is 16.0 Å². The van der Waals surface area contributed by atoms with E-state index in [9.17, 15) is 13.2 Å². The standard InChI is InChI=1S/C22H21ClN2O4S/c23-19-9-5-4-8-18(19)20-10-11-21(29-20)22(26)25-14-12-16(13-15-25)24-30(27,28)17-6-2-1-3-7-17/h1-11,16,24H,12-15H2. The third-order valence-electron chi connectivity index (χ3n) is 5.11. The fourth-order valence-electron chi connectivity index (χ4n) is 3.50. The second-order valence-corrected chi connectivity index (χ2v) is 9.27. The van der Waals surface area contributed by atoms with Crippen molar-refractivity contribution in [2.45, 2.75) is 23.8 Å². The molecule has 0 unspecified atom stereocenters. The van der Waals surface area contributed by atoms with Gasteiger partial charge in [0.15, 0.2) is 5.76 Å². The Morgan fingerprint density at radius 3 is 2.33 bits per heavy atom. The Bertz CT molecular complexity index is 1140. The molecule has 1 aliphatic heterocycles. The summed E-state index contributed by atoms with van der Waals surface area (Å²) < 4.78 is 33.5. The number of sulfonamides is 1. The van der Waals surface area contributed by atoms with Crippen molar-refractivity contribution < 1.29 is 17.6 Å². The predicted molar refractivity (Wildman–Crippen MR) is 115 cm³/mol. The van der Waals surface area contributed by atoms with Gasteiger partial charge < -0.3 is 9.32 Å². The maximum absolute atomic E-state index is 12.8. The number of nitrogens with zero attached hydrogens (tertiary/aromatic N) is 1. The number of hydrogen-bond donors (Lipinski definition) is 1. The lowest BCUT2D eigenvalue weighted by molar-refractivity contribution is 0.0680. The zero-order valence-electron chi connectivity index (χ0n) is 16.1. The summed E-state index contributed by atoms with van der Waals surface area (Å²) in [6.45, 7) is 0.895. The molecule has 0 aliphatic carbocycles. The number of halogens is 1. The van der Waals surface area contributed by atoms with E-state index in [0.717, 1.165) is 5.56 Å². The van der Waals surface area contributed by atoms with E-state index >= 15 is 0 Å². The lowest BCUT2D eigenvalue weighted by Gasteiger charge is -2.31. The Morgan fingerprint density at radius 2 is 1.63 bits per heavy atom. The minimum Gasteiger partial charge on any atom is -0.451 e. The lowest BCUT2D eigenvalue weighted by atomic mass is 10.1. The van der Waals surface area contributed by atoms with Gasteiger partial charge in [-0.2, -0.15) is 0 Å². The van der Waals surface area contributed by atoms with Gasteiger partial charge in [0.1, 0.15) is 5.76 Å². The summed E-state index contributed by atoms with van der Waals surface area (Å²) in [7, 11) is -3.57. The molecule has 2 heterocycles. The number of piperidine rings is 1. The molecule has 1 saturated heterocycles. The first-order valence-electron chi connectivity index (χ1n) is 9.65. The first-order valence-corrected chi connectivity index (χ1v) is 11.5. The molecule has 1 N–H and O–H groups in total. The van der Waals surface area contributed by atoms with Gasteiger partial charge in [-0.05, 0) is 49.2 Å². The fraction of sp³-hybridized carbons (Fsp3) is 0.227. The lowest BCUT2D eigenvalue weighted by Crippen LogP contribution is -2.46. The minimum absolute atomic E-state index is 0.210. The van der Waals surface area contributed by atoms with E-state index in [1.807, 2.05) is 18.2 Å². The van der Waals surface area contributed by atoms with E-state index in [-0.39, 0.29) is 22.6 Å². The van der Waals surface area contributed by atoms with E-state index in [2.05, 4.69) is 4.72 Å². The van der Waals surface area contributed by atoms with Gasteiger partial charge in [-0.3, -0.25) is 4.79 Å². The molecule has 3 aromatic rings. The van der Waals surface area contributed by atoms with Crippen molar-refractivity contribution in [3.8, 4) is 11.3 Å². The number of benzene rings is 2. The van der Waals surface area contributed by atoms with Gasteiger partial charge in [0.2, 0.25) is 10.0 Å². The number of carbonyl (C=O) groups excluding carboxylic acids is 1. The van der Waals surface area contributed by atoms with Gasteiger partial charge >= 0.3 is 0 Å². The van der Waals surface area contributed by atoms with Crippen LogP contribution >= 0.6 is 11.6 Å². The van der Waals surface area contributed by atoms with Crippen LogP contribution in [-0.4, -0.2) is 38.4 Å². The minimum atomic E-state index is -3.57. The molecule has 1 amide bonds. The zero-order chi connectivity index (χ0) is 21.1. The zero-order valence-corrected chi connectivity index (χ0v) is 17.7. The molecule has 8 heteroatoms. The predicted octanol–water partition coefficient (Wildman–Crippen LogP) is 4.18. The highest BCUT2D eigenvalue weighted by Crippen LogP contribution is 2.29. The van der Waals surface area contributed by atoms with Crippen LogP contribution in [-0.2, 0) is 10.0 Å². The monoisotopic (exact) mass is 444 g/mol. The topological polar surface area (TPSA) is 79.6 Å². The van der Waals surface area contributed by atoms with E-state index in [1.165, 1.54) is 0 Å². The summed E-state index contributed by atoms with van der Waals surface area (Å²) in [6, 6.07) is 18.7. The second kappa shape index (κ2) is 8.63. The molecule has 0 spiro atoms. The van der Waals surface area contributed by atoms with Gasteiger partial charge in [0, 0.05) is 24.7 Å². The molecule has 1 fully saturated rings. The Labute approximate surface area is 180 Å². The van der Waals surface area contributed by atoms with Crippen molar-refractivity contribution in [2.24, 2.45) is 0 Å². The number of carbonyl (C=O) groups is 1. The Hall–Kier alpha value is -2.61. The average Bonchev–Trinajstić information content (AvgIpc) is 3.24. The van der Waals surface area contributed by atoms with Gasteiger partial charge in [0.25, 0.3) is 5.91 Å². The molecule has 1 aliphatic rings. The molecular formula is C22H21ClN2O4S. The van der Waals surface area contributed by atoms with Crippen molar-refractivity contribution in [3.63, 3.8) is 0 Å². The molecule has 0 bridgehead atoms. The van der Waals surface area contributed by atoms with Crippen LogP contribution in [0.25, 0.3) is 11.3 Å².